The lowest BCUT2D eigenvalue weighted by atomic mass is 9.48. The molecule has 0 saturated heterocycles. The summed E-state index contributed by atoms with van der Waals surface area (Å²) in [6.07, 6.45) is 13.0. The second-order valence-corrected chi connectivity index (χ2v) is 7.93. The van der Waals surface area contributed by atoms with Crippen LogP contribution in [-0.2, 0) is 4.74 Å². The van der Waals surface area contributed by atoms with Crippen molar-refractivity contribution in [1.82, 2.24) is 0 Å². The van der Waals surface area contributed by atoms with E-state index in [-0.39, 0.29) is 11.5 Å². The van der Waals surface area contributed by atoms with Crippen molar-refractivity contribution < 1.29 is 9.84 Å². The van der Waals surface area contributed by atoms with E-state index in [0.29, 0.717) is 6.61 Å². The van der Waals surface area contributed by atoms with Crippen LogP contribution in [-0.4, -0.2) is 24.4 Å². The van der Waals surface area contributed by atoms with Gasteiger partial charge in [0.15, 0.2) is 0 Å². The van der Waals surface area contributed by atoms with Gasteiger partial charge < -0.3 is 9.84 Å². The summed E-state index contributed by atoms with van der Waals surface area (Å²) >= 11 is 0. The van der Waals surface area contributed by atoms with Crippen molar-refractivity contribution in [3.05, 3.63) is 0 Å². The van der Waals surface area contributed by atoms with Crippen LogP contribution >= 0.6 is 0 Å². The predicted octanol–water partition coefficient (Wildman–Crippen LogP) is 4.16. The molecule has 4 aliphatic carbocycles. The van der Waals surface area contributed by atoms with Crippen molar-refractivity contribution in [3.63, 3.8) is 0 Å². The van der Waals surface area contributed by atoms with Crippen LogP contribution < -0.4 is 0 Å². The third kappa shape index (κ3) is 3.06. The normalized spacial score (nSPS) is 40.2. The first-order chi connectivity index (χ1) is 9.72. The monoisotopic (exact) mass is 280 g/mol. The molecule has 1 N–H and O–H groups in total. The summed E-state index contributed by atoms with van der Waals surface area (Å²) in [4.78, 5) is 0. The van der Waals surface area contributed by atoms with Gasteiger partial charge in [-0.1, -0.05) is 26.2 Å². The Morgan fingerprint density at radius 1 is 1.00 bits per heavy atom. The van der Waals surface area contributed by atoms with E-state index in [0.717, 1.165) is 30.8 Å². The van der Waals surface area contributed by atoms with E-state index in [1.165, 1.54) is 57.8 Å². The maximum Gasteiger partial charge on any atom is 0.0829 e. The van der Waals surface area contributed by atoms with Gasteiger partial charge in [-0.05, 0) is 68.1 Å². The molecule has 4 aliphatic rings. The maximum atomic E-state index is 10.7. The lowest BCUT2D eigenvalue weighted by molar-refractivity contribution is -0.139. The van der Waals surface area contributed by atoms with E-state index in [1.54, 1.807) is 0 Å². The molecule has 4 bridgehead atoms. The third-order valence-electron chi connectivity index (χ3n) is 6.21. The summed E-state index contributed by atoms with van der Waals surface area (Å²) in [6.45, 7) is 3.65. The molecule has 4 saturated carbocycles. The molecular weight excluding hydrogens is 248 g/mol. The van der Waals surface area contributed by atoms with E-state index in [2.05, 4.69) is 6.92 Å². The van der Waals surface area contributed by atoms with Crippen LogP contribution in [0.2, 0.25) is 0 Å². The van der Waals surface area contributed by atoms with Gasteiger partial charge in [0.05, 0.1) is 12.7 Å². The summed E-state index contributed by atoms with van der Waals surface area (Å²) in [5.41, 5.74) is 0.234. The number of rotatable bonds is 8. The van der Waals surface area contributed by atoms with E-state index in [9.17, 15) is 5.11 Å². The van der Waals surface area contributed by atoms with Crippen LogP contribution in [0.5, 0.6) is 0 Å². The van der Waals surface area contributed by atoms with Crippen LogP contribution in [0.1, 0.15) is 71.1 Å². The summed E-state index contributed by atoms with van der Waals surface area (Å²) in [5, 5.41) is 10.7. The highest BCUT2D eigenvalue weighted by Gasteiger charge is 2.53. The molecule has 4 fully saturated rings. The molecule has 4 rings (SSSR count). The first kappa shape index (κ1) is 14.8. The second-order valence-electron chi connectivity index (χ2n) is 7.93. The molecule has 0 aromatic carbocycles. The fourth-order valence-electron chi connectivity index (χ4n) is 5.59. The van der Waals surface area contributed by atoms with E-state index >= 15 is 0 Å². The Kier molecular flexibility index (Phi) is 4.72. The number of hydrogen-bond donors (Lipinski definition) is 1. The van der Waals surface area contributed by atoms with Crippen molar-refractivity contribution in [2.24, 2.45) is 23.2 Å². The standard InChI is InChI=1S/C18H32O2/c1-2-3-4-5-6-20-13-17(19)18-10-14-7-15(11-18)9-16(8-14)12-18/h14-17,19H,2-13H2,1H3. The molecule has 0 aromatic heterocycles. The Hall–Kier alpha value is -0.0800. The maximum absolute atomic E-state index is 10.7. The van der Waals surface area contributed by atoms with Gasteiger partial charge >= 0.3 is 0 Å². The number of unbranched alkanes of at least 4 members (excludes halogenated alkanes) is 3. The SMILES string of the molecule is CCCCCCOCC(O)C12CC3CC(CC(C3)C1)C2. The quantitative estimate of drug-likeness (QED) is 0.676. The number of aliphatic hydroxyl groups is 1. The topological polar surface area (TPSA) is 29.5 Å². The minimum Gasteiger partial charge on any atom is -0.390 e. The third-order valence-corrected chi connectivity index (χ3v) is 6.21. The summed E-state index contributed by atoms with van der Waals surface area (Å²) in [6, 6.07) is 0. The van der Waals surface area contributed by atoms with E-state index in [1.807, 2.05) is 0 Å². The van der Waals surface area contributed by atoms with Crippen LogP contribution in [0.25, 0.3) is 0 Å². The van der Waals surface area contributed by atoms with E-state index in [4.69, 9.17) is 4.74 Å². The van der Waals surface area contributed by atoms with Crippen LogP contribution in [0.15, 0.2) is 0 Å². The fourth-order valence-corrected chi connectivity index (χ4v) is 5.59. The Morgan fingerprint density at radius 3 is 2.15 bits per heavy atom. The van der Waals surface area contributed by atoms with Crippen LogP contribution in [0.4, 0.5) is 0 Å². The molecule has 2 nitrogen and oxygen atoms in total. The average molecular weight is 280 g/mol. The molecule has 2 heteroatoms. The molecule has 0 heterocycles. The van der Waals surface area contributed by atoms with Crippen LogP contribution in [0.3, 0.4) is 0 Å². The minimum atomic E-state index is -0.206. The largest absolute Gasteiger partial charge is 0.390 e. The lowest BCUT2D eigenvalue weighted by Gasteiger charge is -2.58. The van der Waals surface area contributed by atoms with Gasteiger partial charge in [-0.3, -0.25) is 0 Å². The Balaban J connectivity index is 1.44. The molecule has 1 atom stereocenters. The van der Waals surface area contributed by atoms with Gasteiger partial charge in [-0.2, -0.15) is 0 Å². The van der Waals surface area contributed by atoms with Crippen molar-refractivity contribution in [2.75, 3.05) is 13.2 Å². The Bertz CT molecular complexity index is 277. The molecule has 0 spiro atoms. The molecule has 0 aliphatic heterocycles. The molecule has 1 unspecified atom stereocenters. The Morgan fingerprint density at radius 2 is 1.60 bits per heavy atom. The number of ether oxygens (including phenoxy) is 1. The summed E-state index contributed by atoms with van der Waals surface area (Å²) in [5.74, 6) is 2.75. The lowest BCUT2D eigenvalue weighted by Crippen LogP contribution is -2.52. The first-order valence-corrected chi connectivity index (χ1v) is 8.97. The molecule has 20 heavy (non-hydrogen) atoms. The van der Waals surface area contributed by atoms with Gasteiger partial charge in [0.2, 0.25) is 0 Å². The fraction of sp³-hybridized carbons (Fsp3) is 1.00. The van der Waals surface area contributed by atoms with Gasteiger partial charge in [-0.25, -0.2) is 0 Å². The van der Waals surface area contributed by atoms with Gasteiger partial charge in [0.1, 0.15) is 0 Å². The Labute approximate surface area is 124 Å². The highest BCUT2D eigenvalue weighted by Crippen LogP contribution is 2.61. The zero-order chi connectivity index (χ0) is 14.0. The average Bonchev–Trinajstić information content (AvgIpc) is 2.41. The molecule has 0 amide bonds. The van der Waals surface area contributed by atoms with Crippen molar-refractivity contribution in [2.45, 2.75) is 77.2 Å². The van der Waals surface area contributed by atoms with Crippen LogP contribution in [0, 0.1) is 23.2 Å². The van der Waals surface area contributed by atoms with E-state index < -0.39 is 0 Å². The molecule has 116 valence electrons. The predicted molar refractivity (Wildman–Crippen MR) is 81.6 cm³/mol. The van der Waals surface area contributed by atoms with Gasteiger partial charge in [-0.15, -0.1) is 0 Å². The van der Waals surface area contributed by atoms with Gasteiger partial charge in [0, 0.05) is 6.61 Å². The first-order valence-electron chi connectivity index (χ1n) is 8.97. The molecule has 0 aromatic rings. The number of hydrogen-bond acceptors (Lipinski definition) is 2. The minimum absolute atomic E-state index is 0.206. The van der Waals surface area contributed by atoms with Crippen molar-refractivity contribution in [1.29, 1.82) is 0 Å². The van der Waals surface area contributed by atoms with Crippen molar-refractivity contribution >= 4 is 0 Å². The zero-order valence-electron chi connectivity index (χ0n) is 13.2. The summed E-state index contributed by atoms with van der Waals surface area (Å²) < 4.78 is 5.78. The number of aliphatic hydroxyl groups excluding tert-OH is 1. The second kappa shape index (κ2) is 6.36. The highest BCUT2D eigenvalue weighted by molar-refractivity contribution is 5.04. The van der Waals surface area contributed by atoms with Gasteiger partial charge in [0.25, 0.3) is 0 Å². The summed E-state index contributed by atoms with van der Waals surface area (Å²) in [7, 11) is 0. The molecular formula is C18H32O2. The smallest absolute Gasteiger partial charge is 0.0829 e. The van der Waals surface area contributed by atoms with Crippen molar-refractivity contribution in [3.8, 4) is 0 Å². The molecule has 0 radical (unpaired) electrons. The zero-order valence-corrected chi connectivity index (χ0v) is 13.2. The highest BCUT2D eigenvalue weighted by atomic mass is 16.5.